The van der Waals surface area contributed by atoms with Gasteiger partial charge in [-0.2, -0.15) is 0 Å². The van der Waals surface area contributed by atoms with Crippen LogP contribution in [0.25, 0.3) is 5.65 Å². The summed E-state index contributed by atoms with van der Waals surface area (Å²) in [7, 11) is 0. The normalized spacial score (nSPS) is 26.1. The number of piperidine rings is 1. The molecule has 1 aliphatic heterocycles. The Morgan fingerprint density at radius 1 is 1.20 bits per heavy atom. The van der Waals surface area contributed by atoms with Crippen LogP contribution in [0.1, 0.15) is 37.8 Å². The molecule has 4 rings (SSSR count). The van der Waals surface area contributed by atoms with Crippen LogP contribution in [0.5, 0.6) is 0 Å². The minimum atomic E-state index is 0.522. The maximum Gasteiger partial charge on any atom is 0.152 e. The van der Waals surface area contributed by atoms with Gasteiger partial charge in [-0.05, 0) is 43.7 Å². The van der Waals surface area contributed by atoms with Gasteiger partial charge in [-0.15, -0.1) is 11.6 Å². The number of fused-ring (bicyclic) bond motifs is 2. The molecule has 2 atom stereocenters. The van der Waals surface area contributed by atoms with Gasteiger partial charge >= 0.3 is 0 Å². The SMILES string of the molecule is ClCc1c(N2CCCC3CCCC32)nc2ccccn12. The fourth-order valence-corrected chi connectivity index (χ4v) is 4.35. The van der Waals surface area contributed by atoms with E-state index in [2.05, 4.69) is 21.6 Å². The van der Waals surface area contributed by atoms with Crippen molar-refractivity contribution in [2.75, 3.05) is 11.4 Å². The summed E-state index contributed by atoms with van der Waals surface area (Å²) in [6.07, 6.45) is 8.83. The summed E-state index contributed by atoms with van der Waals surface area (Å²) >= 11 is 6.23. The molecule has 0 radical (unpaired) electrons. The zero-order valence-electron chi connectivity index (χ0n) is 11.6. The topological polar surface area (TPSA) is 20.5 Å². The Kier molecular flexibility index (Phi) is 3.10. The van der Waals surface area contributed by atoms with E-state index in [0.29, 0.717) is 11.9 Å². The first kappa shape index (κ1) is 12.5. The lowest BCUT2D eigenvalue weighted by molar-refractivity contribution is 0.360. The van der Waals surface area contributed by atoms with Crippen molar-refractivity contribution in [3.05, 3.63) is 30.1 Å². The van der Waals surface area contributed by atoms with E-state index < -0.39 is 0 Å². The molecule has 2 aliphatic rings. The lowest BCUT2D eigenvalue weighted by atomic mass is 9.92. The van der Waals surface area contributed by atoms with Crippen LogP contribution in [0.4, 0.5) is 5.82 Å². The second kappa shape index (κ2) is 4.96. The predicted octanol–water partition coefficient (Wildman–Crippen LogP) is 3.84. The van der Waals surface area contributed by atoms with E-state index in [-0.39, 0.29) is 0 Å². The van der Waals surface area contributed by atoms with E-state index in [1.165, 1.54) is 32.1 Å². The molecular formula is C16H20ClN3. The lowest BCUT2D eigenvalue weighted by Gasteiger charge is -2.38. The van der Waals surface area contributed by atoms with Crippen LogP contribution in [0.15, 0.2) is 24.4 Å². The number of aromatic nitrogens is 2. The van der Waals surface area contributed by atoms with Gasteiger partial charge in [0, 0.05) is 18.8 Å². The van der Waals surface area contributed by atoms with Gasteiger partial charge in [0.15, 0.2) is 5.82 Å². The lowest BCUT2D eigenvalue weighted by Crippen LogP contribution is -2.43. The fourth-order valence-electron chi connectivity index (χ4n) is 4.11. The van der Waals surface area contributed by atoms with E-state index in [9.17, 15) is 0 Å². The first-order valence-electron chi connectivity index (χ1n) is 7.67. The van der Waals surface area contributed by atoms with Crippen molar-refractivity contribution < 1.29 is 0 Å². The Morgan fingerprint density at radius 2 is 2.10 bits per heavy atom. The first-order valence-corrected chi connectivity index (χ1v) is 8.20. The third-order valence-electron chi connectivity index (χ3n) is 5.00. The van der Waals surface area contributed by atoms with Crippen LogP contribution in [-0.4, -0.2) is 22.0 Å². The molecule has 4 heteroatoms. The van der Waals surface area contributed by atoms with Gasteiger partial charge < -0.3 is 9.30 Å². The van der Waals surface area contributed by atoms with E-state index in [4.69, 9.17) is 16.6 Å². The quantitative estimate of drug-likeness (QED) is 0.783. The van der Waals surface area contributed by atoms with Gasteiger partial charge in [-0.25, -0.2) is 4.98 Å². The molecule has 0 spiro atoms. The molecule has 106 valence electrons. The van der Waals surface area contributed by atoms with Crippen LogP contribution in [-0.2, 0) is 5.88 Å². The van der Waals surface area contributed by atoms with Crippen LogP contribution < -0.4 is 4.90 Å². The highest BCUT2D eigenvalue weighted by molar-refractivity contribution is 6.17. The summed E-state index contributed by atoms with van der Waals surface area (Å²) in [6, 6.07) is 6.84. The summed E-state index contributed by atoms with van der Waals surface area (Å²) in [4.78, 5) is 7.42. The molecular weight excluding hydrogens is 270 g/mol. The highest BCUT2D eigenvalue weighted by atomic mass is 35.5. The van der Waals surface area contributed by atoms with Gasteiger partial charge in [0.2, 0.25) is 0 Å². The summed E-state index contributed by atoms with van der Waals surface area (Å²) in [5.41, 5.74) is 2.16. The molecule has 2 unspecified atom stereocenters. The zero-order chi connectivity index (χ0) is 13.5. The van der Waals surface area contributed by atoms with Crippen LogP contribution >= 0.6 is 11.6 Å². The number of pyridine rings is 1. The molecule has 0 N–H and O–H groups in total. The molecule has 0 bridgehead atoms. The van der Waals surface area contributed by atoms with Gasteiger partial charge in [0.1, 0.15) is 5.65 Å². The summed E-state index contributed by atoms with van der Waals surface area (Å²) in [6.45, 7) is 1.13. The van der Waals surface area contributed by atoms with E-state index in [1.54, 1.807) is 0 Å². The Labute approximate surface area is 124 Å². The van der Waals surface area contributed by atoms with Crippen molar-refractivity contribution in [3.63, 3.8) is 0 Å². The number of halogens is 1. The number of anilines is 1. The van der Waals surface area contributed by atoms with Crippen molar-refractivity contribution in [1.29, 1.82) is 0 Å². The van der Waals surface area contributed by atoms with Crippen molar-refractivity contribution in [1.82, 2.24) is 9.38 Å². The molecule has 3 heterocycles. The maximum atomic E-state index is 6.23. The van der Waals surface area contributed by atoms with E-state index in [0.717, 1.165) is 29.6 Å². The number of imidazole rings is 1. The Bertz CT molecular complexity index is 621. The maximum absolute atomic E-state index is 6.23. The minimum absolute atomic E-state index is 0.522. The molecule has 0 aromatic carbocycles. The molecule has 20 heavy (non-hydrogen) atoms. The number of hydrogen-bond acceptors (Lipinski definition) is 2. The Morgan fingerprint density at radius 3 is 3.00 bits per heavy atom. The van der Waals surface area contributed by atoms with Crippen molar-refractivity contribution in [3.8, 4) is 0 Å². The standard InChI is InChI=1S/C16H20ClN3/c17-11-14-16(18-15-8-1-2-9-19(14)15)20-10-4-6-12-5-3-7-13(12)20/h1-2,8-9,12-13H,3-7,10-11H2. The third kappa shape index (κ3) is 1.83. The number of rotatable bonds is 2. The average molecular weight is 290 g/mol. The monoisotopic (exact) mass is 289 g/mol. The smallest absolute Gasteiger partial charge is 0.152 e. The highest BCUT2D eigenvalue weighted by Crippen LogP contribution is 2.40. The van der Waals surface area contributed by atoms with E-state index >= 15 is 0 Å². The number of hydrogen-bond donors (Lipinski definition) is 0. The molecule has 2 aromatic heterocycles. The van der Waals surface area contributed by atoms with Crippen molar-refractivity contribution >= 4 is 23.1 Å². The number of nitrogens with zero attached hydrogens (tertiary/aromatic N) is 3. The second-order valence-electron chi connectivity index (χ2n) is 6.04. The van der Waals surface area contributed by atoms with Crippen LogP contribution in [0, 0.1) is 5.92 Å². The second-order valence-corrected chi connectivity index (χ2v) is 6.31. The molecule has 0 amide bonds. The summed E-state index contributed by atoms with van der Waals surface area (Å²) in [5, 5.41) is 0. The van der Waals surface area contributed by atoms with Crippen molar-refractivity contribution in [2.24, 2.45) is 5.92 Å². The largest absolute Gasteiger partial charge is 0.352 e. The van der Waals surface area contributed by atoms with Gasteiger partial charge in [0.25, 0.3) is 0 Å². The Balaban J connectivity index is 1.80. The zero-order valence-corrected chi connectivity index (χ0v) is 12.4. The molecule has 1 saturated heterocycles. The summed E-state index contributed by atoms with van der Waals surface area (Å²) in [5.74, 6) is 2.52. The highest BCUT2D eigenvalue weighted by Gasteiger charge is 2.36. The predicted molar refractivity (Wildman–Crippen MR) is 82.5 cm³/mol. The van der Waals surface area contributed by atoms with Crippen LogP contribution in [0.2, 0.25) is 0 Å². The fraction of sp³-hybridized carbons (Fsp3) is 0.562. The molecule has 3 nitrogen and oxygen atoms in total. The van der Waals surface area contributed by atoms with Crippen LogP contribution in [0.3, 0.4) is 0 Å². The first-order chi connectivity index (χ1) is 9.88. The molecule has 1 aliphatic carbocycles. The molecule has 1 saturated carbocycles. The Hall–Kier alpha value is -1.22. The minimum Gasteiger partial charge on any atom is -0.352 e. The summed E-state index contributed by atoms with van der Waals surface area (Å²) < 4.78 is 2.14. The van der Waals surface area contributed by atoms with Gasteiger partial charge in [-0.3, -0.25) is 0 Å². The molecule has 2 fully saturated rings. The number of alkyl halides is 1. The van der Waals surface area contributed by atoms with Gasteiger partial charge in [0.05, 0.1) is 11.6 Å². The van der Waals surface area contributed by atoms with E-state index in [1.807, 2.05) is 12.1 Å². The van der Waals surface area contributed by atoms with Crippen molar-refractivity contribution in [2.45, 2.75) is 44.0 Å². The molecule has 2 aromatic rings. The average Bonchev–Trinajstić information content (AvgIpc) is 3.10. The van der Waals surface area contributed by atoms with Gasteiger partial charge in [-0.1, -0.05) is 12.5 Å². The third-order valence-corrected chi connectivity index (χ3v) is 5.25.